The number of aromatic nitrogens is 3. The Morgan fingerprint density at radius 2 is 2.00 bits per heavy atom. The molecule has 0 bridgehead atoms. The van der Waals surface area contributed by atoms with Crippen LogP contribution >= 0.6 is 11.8 Å². The first-order valence-electron chi connectivity index (χ1n) is 10.2. The van der Waals surface area contributed by atoms with E-state index < -0.39 is 0 Å². The fourth-order valence-electron chi connectivity index (χ4n) is 3.82. The molecule has 0 radical (unpaired) electrons. The van der Waals surface area contributed by atoms with Gasteiger partial charge < -0.3 is 9.47 Å². The highest BCUT2D eigenvalue weighted by Gasteiger charge is 2.23. The fourth-order valence-corrected chi connectivity index (χ4v) is 4.66. The van der Waals surface area contributed by atoms with Crippen molar-refractivity contribution < 1.29 is 4.79 Å². The Labute approximate surface area is 176 Å². The third kappa shape index (κ3) is 4.22. The topological polar surface area (TPSA) is 51.0 Å². The molecule has 1 aromatic heterocycles. The second-order valence-corrected chi connectivity index (χ2v) is 8.34. The minimum absolute atomic E-state index is 0.130. The van der Waals surface area contributed by atoms with Crippen LogP contribution in [0.3, 0.4) is 0 Å². The van der Waals surface area contributed by atoms with E-state index in [1.807, 2.05) is 29.2 Å². The number of hydrogen-bond acceptors (Lipinski definition) is 4. The van der Waals surface area contributed by atoms with Gasteiger partial charge in [0, 0.05) is 24.3 Å². The molecule has 1 amide bonds. The van der Waals surface area contributed by atoms with E-state index >= 15 is 0 Å². The molecule has 2 aromatic carbocycles. The molecule has 1 aliphatic rings. The lowest BCUT2D eigenvalue weighted by Crippen LogP contribution is -2.36. The Kier molecular flexibility index (Phi) is 6.00. The molecule has 4 rings (SSSR count). The van der Waals surface area contributed by atoms with Gasteiger partial charge in [0.25, 0.3) is 0 Å². The molecule has 2 heterocycles. The molecule has 0 N–H and O–H groups in total. The number of rotatable bonds is 6. The Morgan fingerprint density at radius 1 is 1.14 bits per heavy atom. The van der Waals surface area contributed by atoms with Gasteiger partial charge in [-0.3, -0.25) is 4.79 Å². The molecule has 0 aliphatic carbocycles. The highest BCUT2D eigenvalue weighted by atomic mass is 32.2. The molecule has 0 saturated heterocycles. The van der Waals surface area contributed by atoms with Crippen LogP contribution in [0, 0.1) is 6.92 Å². The molecule has 29 heavy (non-hydrogen) atoms. The number of fused-ring (bicyclic) bond motifs is 1. The van der Waals surface area contributed by atoms with E-state index in [4.69, 9.17) is 0 Å². The number of amides is 1. The summed E-state index contributed by atoms with van der Waals surface area (Å²) in [5.41, 5.74) is 4.57. The number of thioether (sulfide) groups is 1. The van der Waals surface area contributed by atoms with E-state index in [9.17, 15) is 4.79 Å². The zero-order chi connectivity index (χ0) is 20.2. The molecule has 0 spiro atoms. The van der Waals surface area contributed by atoms with Crippen molar-refractivity contribution in [2.75, 3.05) is 17.2 Å². The number of nitrogens with zero attached hydrogens (tertiary/aromatic N) is 4. The van der Waals surface area contributed by atoms with Crippen LogP contribution in [-0.4, -0.2) is 33.0 Å². The van der Waals surface area contributed by atoms with Gasteiger partial charge in [0.1, 0.15) is 0 Å². The second kappa shape index (κ2) is 8.82. The van der Waals surface area contributed by atoms with E-state index in [2.05, 4.69) is 52.9 Å². The zero-order valence-electron chi connectivity index (χ0n) is 17.0. The summed E-state index contributed by atoms with van der Waals surface area (Å²) in [4.78, 5) is 14.9. The van der Waals surface area contributed by atoms with E-state index in [0.717, 1.165) is 54.6 Å². The van der Waals surface area contributed by atoms with Crippen molar-refractivity contribution in [1.29, 1.82) is 0 Å². The van der Waals surface area contributed by atoms with Crippen molar-refractivity contribution in [3.05, 3.63) is 59.7 Å². The monoisotopic (exact) mass is 406 g/mol. The maximum Gasteiger partial charge on any atom is 0.237 e. The van der Waals surface area contributed by atoms with Crippen LogP contribution in [0.5, 0.6) is 0 Å². The maximum absolute atomic E-state index is 13.0. The SMILES string of the molecule is CCCn1c(SCC(=O)N2CCCc3ccccc32)nnc1-c1cccc(C)c1. The molecule has 5 nitrogen and oxygen atoms in total. The highest BCUT2D eigenvalue weighted by Crippen LogP contribution is 2.29. The molecule has 0 atom stereocenters. The summed E-state index contributed by atoms with van der Waals surface area (Å²) in [6, 6.07) is 16.5. The standard InChI is InChI=1S/C23H26N4OS/c1-3-13-27-22(19-10-6-8-17(2)15-19)24-25-23(27)29-16-21(28)26-14-7-11-18-9-4-5-12-20(18)26/h4-6,8-10,12,15H,3,7,11,13-14,16H2,1-2H3. The average Bonchev–Trinajstić information content (AvgIpc) is 3.14. The average molecular weight is 407 g/mol. The van der Waals surface area contributed by atoms with E-state index in [1.165, 1.54) is 22.9 Å². The molecule has 1 aliphatic heterocycles. The first-order valence-corrected chi connectivity index (χ1v) is 11.2. The molecule has 3 aromatic rings. The lowest BCUT2D eigenvalue weighted by Gasteiger charge is -2.29. The fraction of sp³-hybridized carbons (Fsp3) is 0.348. The van der Waals surface area contributed by atoms with Crippen molar-refractivity contribution in [3.8, 4) is 11.4 Å². The van der Waals surface area contributed by atoms with Crippen molar-refractivity contribution in [1.82, 2.24) is 14.8 Å². The van der Waals surface area contributed by atoms with Crippen LogP contribution < -0.4 is 4.90 Å². The minimum Gasteiger partial charge on any atom is -0.311 e. The largest absolute Gasteiger partial charge is 0.311 e. The van der Waals surface area contributed by atoms with Crippen LogP contribution in [0.1, 0.15) is 30.9 Å². The number of carbonyl (C=O) groups excluding carboxylic acids is 1. The lowest BCUT2D eigenvalue weighted by atomic mass is 10.0. The van der Waals surface area contributed by atoms with Crippen LogP contribution in [0.15, 0.2) is 53.7 Å². The summed E-state index contributed by atoms with van der Waals surface area (Å²) in [6.45, 7) is 5.84. The van der Waals surface area contributed by atoms with Crippen LogP contribution in [0.25, 0.3) is 11.4 Å². The molecule has 0 unspecified atom stereocenters. The van der Waals surface area contributed by atoms with Gasteiger partial charge in [0.2, 0.25) is 5.91 Å². The van der Waals surface area contributed by atoms with Crippen LogP contribution in [0.4, 0.5) is 5.69 Å². The summed E-state index contributed by atoms with van der Waals surface area (Å²) in [7, 11) is 0. The molecule has 0 fully saturated rings. The predicted octanol–water partition coefficient (Wildman–Crippen LogP) is 4.74. The Balaban J connectivity index is 1.52. The minimum atomic E-state index is 0.130. The highest BCUT2D eigenvalue weighted by molar-refractivity contribution is 7.99. The normalized spacial score (nSPS) is 13.4. The molecule has 6 heteroatoms. The van der Waals surface area contributed by atoms with Crippen molar-refractivity contribution in [2.24, 2.45) is 0 Å². The molecular formula is C23H26N4OS. The second-order valence-electron chi connectivity index (χ2n) is 7.39. The van der Waals surface area contributed by atoms with Gasteiger partial charge in [-0.15, -0.1) is 10.2 Å². The van der Waals surface area contributed by atoms with Gasteiger partial charge in [-0.05, 0) is 43.9 Å². The van der Waals surface area contributed by atoms with E-state index in [1.54, 1.807) is 0 Å². The molecule has 0 saturated carbocycles. The Morgan fingerprint density at radius 3 is 2.83 bits per heavy atom. The Bertz CT molecular complexity index is 1010. The lowest BCUT2D eigenvalue weighted by molar-refractivity contribution is -0.116. The summed E-state index contributed by atoms with van der Waals surface area (Å²) in [5.74, 6) is 1.36. The quantitative estimate of drug-likeness (QED) is 0.555. The number of aryl methyl sites for hydroxylation is 2. The number of para-hydroxylation sites is 1. The number of carbonyl (C=O) groups is 1. The third-order valence-corrected chi connectivity index (χ3v) is 6.13. The number of hydrogen-bond donors (Lipinski definition) is 0. The van der Waals surface area contributed by atoms with Crippen LogP contribution in [0.2, 0.25) is 0 Å². The van der Waals surface area contributed by atoms with Crippen molar-refractivity contribution in [3.63, 3.8) is 0 Å². The van der Waals surface area contributed by atoms with Crippen LogP contribution in [-0.2, 0) is 17.8 Å². The summed E-state index contributed by atoms with van der Waals surface area (Å²) in [5, 5.41) is 9.65. The summed E-state index contributed by atoms with van der Waals surface area (Å²) >= 11 is 1.48. The van der Waals surface area contributed by atoms with Crippen molar-refractivity contribution in [2.45, 2.75) is 44.8 Å². The molecule has 150 valence electrons. The van der Waals surface area contributed by atoms with Gasteiger partial charge in [0.05, 0.1) is 5.75 Å². The van der Waals surface area contributed by atoms with Gasteiger partial charge in [-0.25, -0.2) is 0 Å². The first kappa shape index (κ1) is 19.7. The maximum atomic E-state index is 13.0. The van der Waals surface area contributed by atoms with Gasteiger partial charge in [-0.1, -0.05) is 60.6 Å². The number of benzene rings is 2. The van der Waals surface area contributed by atoms with E-state index in [-0.39, 0.29) is 5.91 Å². The van der Waals surface area contributed by atoms with Gasteiger partial charge in [-0.2, -0.15) is 0 Å². The molecular weight excluding hydrogens is 380 g/mol. The summed E-state index contributed by atoms with van der Waals surface area (Å²) in [6.07, 6.45) is 3.03. The Hall–Kier alpha value is -2.60. The first-order chi connectivity index (χ1) is 14.2. The van der Waals surface area contributed by atoms with Gasteiger partial charge in [0.15, 0.2) is 11.0 Å². The van der Waals surface area contributed by atoms with Crippen molar-refractivity contribution >= 4 is 23.4 Å². The smallest absolute Gasteiger partial charge is 0.237 e. The van der Waals surface area contributed by atoms with E-state index in [0.29, 0.717) is 5.75 Å². The van der Waals surface area contributed by atoms with Gasteiger partial charge >= 0.3 is 0 Å². The third-order valence-electron chi connectivity index (χ3n) is 5.18. The predicted molar refractivity (Wildman–Crippen MR) is 118 cm³/mol. The summed E-state index contributed by atoms with van der Waals surface area (Å²) < 4.78 is 2.14. The number of anilines is 1. The zero-order valence-corrected chi connectivity index (χ0v) is 17.8.